The third kappa shape index (κ3) is 2.57. The molecule has 0 saturated carbocycles. The number of urea groups is 1. The molecule has 0 spiro atoms. The third-order valence-electron chi connectivity index (χ3n) is 2.63. The molecule has 1 atom stereocenters. The van der Waals surface area contributed by atoms with Gasteiger partial charge in [-0.15, -0.1) is 11.8 Å². The minimum absolute atomic E-state index is 0.127. The summed E-state index contributed by atoms with van der Waals surface area (Å²) in [5.74, 6) is 0.310. The van der Waals surface area contributed by atoms with E-state index in [1.165, 1.54) is 22.1 Å². The van der Waals surface area contributed by atoms with E-state index < -0.39 is 6.03 Å². The fraction of sp³-hybridized carbons (Fsp3) is 0.364. The van der Waals surface area contributed by atoms with Gasteiger partial charge in [0.25, 0.3) is 0 Å². The molecule has 1 heterocycles. The van der Waals surface area contributed by atoms with Gasteiger partial charge < -0.3 is 10.4 Å². The van der Waals surface area contributed by atoms with Gasteiger partial charge in [0.15, 0.2) is 0 Å². The Morgan fingerprint density at radius 1 is 1.67 bits per heavy atom. The predicted octanol–water partition coefficient (Wildman–Crippen LogP) is 1.82. The molecule has 0 aromatic heterocycles. The van der Waals surface area contributed by atoms with Crippen molar-refractivity contribution in [3.05, 3.63) is 29.6 Å². The fourth-order valence-electron chi connectivity index (χ4n) is 1.78. The number of benzene rings is 1. The fourth-order valence-corrected chi connectivity index (χ4v) is 3.40. The lowest BCUT2D eigenvalue weighted by Gasteiger charge is -2.23. The Kier molecular flexibility index (Phi) is 4.36. The van der Waals surface area contributed by atoms with E-state index in [2.05, 4.69) is 18.1 Å². The minimum Gasteiger partial charge on any atom is -0.395 e. The number of hydrogen-bond acceptors (Lipinski definition) is 4. The SMILES string of the molecule is O=C(NCCO)N(S)C1CSc2c(F)cccc21. The summed E-state index contributed by atoms with van der Waals surface area (Å²) in [7, 11) is 0. The zero-order chi connectivity index (χ0) is 13.1. The van der Waals surface area contributed by atoms with Gasteiger partial charge in [-0.2, -0.15) is 0 Å². The van der Waals surface area contributed by atoms with Crippen molar-refractivity contribution < 1.29 is 14.3 Å². The van der Waals surface area contributed by atoms with Crippen LogP contribution >= 0.6 is 24.6 Å². The van der Waals surface area contributed by atoms with E-state index in [0.29, 0.717) is 10.6 Å². The summed E-state index contributed by atoms with van der Waals surface area (Å²) in [6.45, 7) is 0.0454. The summed E-state index contributed by atoms with van der Waals surface area (Å²) in [5.41, 5.74) is 0.772. The molecule has 2 N–H and O–H groups in total. The van der Waals surface area contributed by atoms with E-state index in [0.717, 1.165) is 5.56 Å². The molecule has 18 heavy (non-hydrogen) atoms. The van der Waals surface area contributed by atoms with Gasteiger partial charge in [-0.25, -0.2) is 9.18 Å². The van der Waals surface area contributed by atoms with Crippen LogP contribution in [0.2, 0.25) is 0 Å². The van der Waals surface area contributed by atoms with Gasteiger partial charge in [-0.3, -0.25) is 4.31 Å². The maximum absolute atomic E-state index is 13.5. The highest BCUT2D eigenvalue weighted by molar-refractivity contribution is 7.99. The van der Waals surface area contributed by atoms with Crippen LogP contribution in [0.3, 0.4) is 0 Å². The van der Waals surface area contributed by atoms with Gasteiger partial charge in [0.05, 0.1) is 12.6 Å². The Morgan fingerprint density at radius 3 is 3.17 bits per heavy atom. The average Bonchev–Trinajstić information content (AvgIpc) is 2.80. The number of nitrogens with one attached hydrogen (secondary N) is 1. The van der Waals surface area contributed by atoms with Gasteiger partial charge in [0.1, 0.15) is 5.82 Å². The lowest BCUT2D eigenvalue weighted by atomic mass is 10.1. The van der Waals surface area contributed by atoms with Crippen molar-refractivity contribution in [2.75, 3.05) is 18.9 Å². The second-order valence-electron chi connectivity index (χ2n) is 3.79. The van der Waals surface area contributed by atoms with Crippen molar-refractivity contribution in [3.63, 3.8) is 0 Å². The van der Waals surface area contributed by atoms with Crippen molar-refractivity contribution in [3.8, 4) is 0 Å². The maximum Gasteiger partial charge on any atom is 0.327 e. The summed E-state index contributed by atoms with van der Waals surface area (Å²) in [5, 5.41) is 11.2. The van der Waals surface area contributed by atoms with Gasteiger partial charge in [0.2, 0.25) is 0 Å². The van der Waals surface area contributed by atoms with E-state index in [9.17, 15) is 9.18 Å². The van der Waals surface area contributed by atoms with Crippen LogP contribution in [0.1, 0.15) is 11.6 Å². The van der Waals surface area contributed by atoms with Crippen LogP contribution in [0.15, 0.2) is 23.1 Å². The average molecular weight is 288 g/mol. The lowest BCUT2D eigenvalue weighted by Crippen LogP contribution is -2.37. The number of aliphatic hydroxyl groups excluding tert-OH is 1. The van der Waals surface area contributed by atoms with Gasteiger partial charge in [-0.05, 0) is 11.6 Å². The van der Waals surface area contributed by atoms with Crippen LogP contribution in [0.5, 0.6) is 0 Å². The third-order valence-corrected chi connectivity index (χ3v) is 4.30. The Hall–Kier alpha value is -0.920. The van der Waals surface area contributed by atoms with Crippen LogP contribution in [0.25, 0.3) is 0 Å². The Labute approximate surface area is 114 Å². The summed E-state index contributed by atoms with van der Waals surface area (Å²) in [4.78, 5) is 12.3. The van der Waals surface area contributed by atoms with Crippen molar-refractivity contribution in [2.45, 2.75) is 10.9 Å². The van der Waals surface area contributed by atoms with Crippen molar-refractivity contribution in [1.29, 1.82) is 0 Å². The van der Waals surface area contributed by atoms with Gasteiger partial charge in [-0.1, -0.05) is 24.9 Å². The molecule has 0 fully saturated rings. The highest BCUT2D eigenvalue weighted by Gasteiger charge is 2.31. The molecule has 0 bridgehead atoms. The number of rotatable bonds is 3. The van der Waals surface area contributed by atoms with E-state index in [1.54, 1.807) is 12.1 Å². The number of aliphatic hydroxyl groups is 1. The highest BCUT2D eigenvalue weighted by atomic mass is 32.2. The standard InChI is InChI=1S/C11H13FN2O2S2/c12-8-3-1-2-7-9(6-18-10(7)8)14(17)11(16)13-4-5-15/h1-3,9,15,17H,4-6H2,(H,13,16). The van der Waals surface area contributed by atoms with E-state index in [-0.39, 0.29) is 25.0 Å². The molecule has 4 nitrogen and oxygen atoms in total. The number of hydrogen-bond donors (Lipinski definition) is 3. The van der Waals surface area contributed by atoms with Crippen LogP contribution < -0.4 is 5.32 Å². The first-order chi connectivity index (χ1) is 8.65. The molecule has 0 saturated heterocycles. The van der Waals surface area contributed by atoms with Crippen molar-refractivity contribution in [2.24, 2.45) is 0 Å². The van der Waals surface area contributed by atoms with Crippen LogP contribution in [0.4, 0.5) is 9.18 Å². The van der Waals surface area contributed by atoms with E-state index in [4.69, 9.17) is 5.11 Å². The van der Waals surface area contributed by atoms with Crippen molar-refractivity contribution >= 4 is 30.6 Å². The molecule has 1 aliphatic heterocycles. The number of carbonyl (C=O) groups is 1. The zero-order valence-electron chi connectivity index (χ0n) is 9.47. The minimum atomic E-state index is -0.393. The molecule has 1 aromatic rings. The quantitative estimate of drug-likeness (QED) is 0.744. The molecular formula is C11H13FN2O2S2. The largest absolute Gasteiger partial charge is 0.395 e. The van der Waals surface area contributed by atoms with Crippen LogP contribution in [-0.4, -0.2) is 34.3 Å². The Bertz CT molecular complexity index is 459. The molecule has 0 radical (unpaired) electrons. The molecular weight excluding hydrogens is 275 g/mol. The molecule has 1 aliphatic rings. The molecule has 1 aromatic carbocycles. The molecule has 1 unspecified atom stereocenters. The van der Waals surface area contributed by atoms with E-state index in [1.807, 2.05) is 0 Å². The second kappa shape index (κ2) is 5.81. The topological polar surface area (TPSA) is 52.6 Å². The van der Waals surface area contributed by atoms with Crippen molar-refractivity contribution in [1.82, 2.24) is 9.62 Å². The smallest absolute Gasteiger partial charge is 0.327 e. The Morgan fingerprint density at radius 2 is 2.44 bits per heavy atom. The summed E-state index contributed by atoms with van der Waals surface area (Å²) in [6, 6.07) is 4.17. The maximum atomic E-state index is 13.5. The Balaban J connectivity index is 2.13. The number of carbonyl (C=O) groups excluding carboxylic acids is 1. The number of halogens is 1. The summed E-state index contributed by atoms with van der Waals surface area (Å²) in [6.07, 6.45) is 0. The first-order valence-corrected chi connectivity index (χ1v) is 6.81. The first kappa shape index (κ1) is 13.5. The normalized spacial score (nSPS) is 17.4. The molecule has 2 rings (SSSR count). The zero-order valence-corrected chi connectivity index (χ0v) is 11.2. The highest BCUT2D eigenvalue weighted by Crippen LogP contribution is 2.43. The molecule has 7 heteroatoms. The summed E-state index contributed by atoms with van der Waals surface area (Å²) >= 11 is 5.53. The number of fused-ring (bicyclic) bond motifs is 1. The number of amides is 2. The van der Waals surface area contributed by atoms with Gasteiger partial charge >= 0.3 is 6.03 Å². The number of thiol groups is 1. The predicted molar refractivity (Wildman–Crippen MR) is 71.2 cm³/mol. The van der Waals surface area contributed by atoms with Crippen LogP contribution in [-0.2, 0) is 0 Å². The number of thioether (sulfide) groups is 1. The van der Waals surface area contributed by atoms with Gasteiger partial charge in [0, 0.05) is 17.2 Å². The lowest BCUT2D eigenvalue weighted by molar-refractivity contribution is 0.214. The molecule has 2 amide bonds. The molecule has 98 valence electrons. The molecule has 0 aliphatic carbocycles. The second-order valence-corrected chi connectivity index (χ2v) is 5.25. The monoisotopic (exact) mass is 288 g/mol. The van der Waals surface area contributed by atoms with E-state index >= 15 is 0 Å². The van der Waals surface area contributed by atoms with Crippen LogP contribution in [0, 0.1) is 5.82 Å². The first-order valence-electron chi connectivity index (χ1n) is 5.43. The number of nitrogens with zero attached hydrogens (tertiary/aromatic N) is 1. The summed E-state index contributed by atoms with van der Waals surface area (Å²) < 4.78 is 14.8.